The van der Waals surface area contributed by atoms with E-state index in [2.05, 4.69) is 0 Å². The molecule has 0 aromatic heterocycles. The van der Waals surface area contributed by atoms with Crippen molar-refractivity contribution in [1.82, 2.24) is 0 Å². The lowest BCUT2D eigenvalue weighted by molar-refractivity contribution is -0.146. The van der Waals surface area contributed by atoms with Crippen LogP contribution in [0.1, 0.15) is 38.5 Å². The third-order valence-corrected chi connectivity index (χ3v) is 3.34. The maximum atomic E-state index is 11.8. The summed E-state index contributed by atoms with van der Waals surface area (Å²) in [7, 11) is 0. The van der Waals surface area contributed by atoms with Gasteiger partial charge in [-0.05, 0) is 25.7 Å². The van der Waals surface area contributed by atoms with Crippen molar-refractivity contribution < 1.29 is 14.4 Å². The van der Waals surface area contributed by atoms with Crippen LogP contribution >= 0.6 is 0 Å². The Morgan fingerprint density at radius 2 is 1.79 bits per heavy atom. The van der Waals surface area contributed by atoms with Gasteiger partial charge in [0.15, 0.2) is 5.78 Å². The van der Waals surface area contributed by atoms with Gasteiger partial charge in [-0.3, -0.25) is 14.4 Å². The number of Topliss-reactive ketones (excluding diaryl/α,β-unsaturated/α-hetero) is 3. The Morgan fingerprint density at radius 1 is 1.07 bits per heavy atom. The van der Waals surface area contributed by atoms with Gasteiger partial charge in [0.2, 0.25) is 5.78 Å². The van der Waals surface area contributed by atoms with Gasteiger partial charge in [0.25, 0.3) is 0 Å². The van der Waals surface area contributed by atoms with Crippen LogP contribution in [0.3, 0.4) is 0 Å². The first kappa shape index (κ1) is 9.56. The van der Waals surface area contributed by atoms with E-state index in [9.17, 15) is 14.4 Å². The fourth-order valence-electron chi connectivity index (χ4n) is 2.16. The summed E-state index contributed by atoms with van der Waals surface area (Å²) in [6.45, 7) is 0. The van der Waals surface area contributed by atoms with Crippen molar-refractivity contribution in [2.24, 2.45) is 11.8 Å². The Kier molecular flexibility index (Phi) is 2.48. The first-order valence-corrected chi connectivity index (χ1v) is 5.31. The van der Waals surface area contributed by atoms with E-state index in [1.54, 1.807) is 0 Å². The summed E-state index contributed by atoms with van der Waals surface area (Å²) in [5.74, 6) is -1.23. The van der Waals surface area contributed by atoms with Crippen LogP contribution in [0.2, 0.25) is 0 Å². The molecule has 3 nitrogen and oxygen atoms in total. The first-order chi connectivity index (χ1) is 6.70. The molecule has 14 heavy (non-hydrogen) atoms. The van der Waals surface area contributed by atoms with Gasteiger partial charge >= 0.3 is 0 Å². The molecule has 0 aromatic carbocycles. The average Bonchev–Trinajstić information content (AvgIpc) is 2.06. The Bertz CT molecular complexity index is 289. The van der Waals surface area contributed by atoms with Crippen LogP contribution in [0.15, 0.2) is 0 Å². The van der Waals surface area contributed by atoms with Gasteiger partial charge in [0, 0.05) is 12.3 Å². The number of hydrogen-bond donors (Lipinski definition) is 0. The number of ketones is 3. The standard InChI is InChI=1S/C11H14O3/c12-9-6-2-5-8(11(9)14)10(13)7-3-1-4-7/h7-8H,1-6H2. The van der Waals surface area contributed by atoms with Crippen LogP contribution in [-0.2, 0) is 14.4 Å². The van der Waals surface area contributed by atoms with E-state index in [0.29, 0.717) is 19.3 Å². The predicted molar refractivity (Wildman–Crippen MR) is 49.7 cm³/mol. The van der Waals surface area contributed by atoms with Crippen LogP contribution in [0, 0.1) is 11.8 Å². The highest BCUT2D eigenvalue weighted by atomic mass is 16.2. The lowest BCUT2D eigenvalue weighted by Crippen LogP contribution is -2.39. The highest BCUT2D eigenvalue weighted by Gasteiger charge is 2.39. The van der Waals surface area contributed by atoms with E-state index in [4.69, 9.17) is 0 Å². The van der Waals surface area contributed by atoms with E-state index in [0.717, 1.165) is 19.3 Å². The van der Waals surface area contributed by atoms with Crippen LogP contribution < -0.4 is 0 Å². The van der Waals surface area contributed by atoms with Crippen LogP contribution in [-0.4, -0.2) is 17.3 Å². The number of carbonyl (C=O) groups is 3. The van der Waals surface area contributed by atoms with Crippen LogP contribution in [0.4, 0.5) is 0 Å². The van der Waals surface area contributed by atoms with Crippen molar-refractivity contribution in [1.29, 1.82) is 0 Å². The molecule has 2 aliphatic rings. The zero-order valence-corrected chi connectivity index (χ0v) is 8.12. The molecule has 0 aliphatic heterocycles. The Hall–Kier alpha value is -0.990. The zero-order chi connectivity index (χ0) is 10.1. The molecule has 0 spiro atoms. The van der Waals surface area contributed by atoms with E-state index in [-0.39, 0.29) is 17.5 Å². The second kappa shape index (κ2) is 3.64. The van der Waals surface area contributed by atoms with E-state index in [1.165, 1.54) is 0 Å². The summed E-state index contributed by atoms with van der Waals surface area (Å²) in [4.78, 5) is 34.3. The molecule has 1 atom stereocenters. The number of carbonyl (C=O) groups excluding carboxylic acids is 3. The summed E-state index contributed by atoms with van der Waals surface area (Å²) < 4.78 is 0. The topological polar surface area (TPSA) is 51.2 Å². The molecule has 0 bridgehead atoms. The highest BCUT2D eigenvalue weighted by molar-refractivity contribution is 6.42. The normalized spacial score (nSPS) is 28.7. The SMILES string of the molecule is O=C1CCCC(C(=O)C2CCC2)C1=O. The minimum absolute atomic E-state index is 0.0364. The van der Waals surface area contributed by atoms with Gasteiger partial charge in [-0.2, -0.15) is 0 Å². The predicted octanol–water partition coefficient (Wildman–Crippen LogP) is 1.29. The van der Waals surface area contributed by atoms with Gasteiger partial charge in [0.05, 0.1) is 5.92 Å². The lowest BCUT2D eigenvalue weighted by Gasteiger charge is -2.28. The van der Waals surface area contributed by atoms with E-state index < -0.39 is 11.7 Å². The Morgan fingerprint density at radius 3 is 2.36 bits per heavy atom. The Labute approximate surface area is 82.9 Å². The van der Waals surface area contributed by atoms with Crippen LogP contribution in [0.25, 0.3) is 0 Å². The monoisotopic (exact) mass is 194 g/mol. The summed E-state index contributed by atoms with van der Waals surface area (Å²) in [6.07, 6.45) is 4.56. The Balaban J connectivity index is 2.04. The largest absolute Gasteiger partial charge is 0.299 e. The minimum atomic E-state index is -0.582. The molecule has 0 radical (unpaired) electrons. The van der Waals surface area contributed by atoms with Crippen molar-refractivity contribution >= 4 is 17.3 Å². The van der Waals surface area contributed by atoms with Gasteiger partial charge in [-0.1, -0.05) is 6.42 Å². The molecule has 3 heteroatoms. The molecular formula is C11H14O3. The molecule has 0 N–H and O–H groups in total. The fraction of sp³-hybridized carbons (Fsp3) is 0.727. The summed E-state index contributed by atoms with van der Waals surface area (Å²) >= 11 is 0. The molecule has 2 fully saturated rings. The van der Waals surface area contributed by atoms with Gasteiger partial charge in [-0.25, -0.2) is 0 Å². The molecule has 0 heterocycles. The molecular weight excluding hydrogens is 180 g/mol. The lowest BCUT2D eigenvalue weighted by atomic mass is 9.73. The zero-order valence-electron chi connectivity index (χ0n) is 8.12. The molecule has 2 aliphatic carbocycles. The fourth-order valence-corrected chi connectivity index (χ4v) is 2.16. The average molecular weight is 194 g/mol. The van der Waals surface area contributed by atoms with Gasteiger partial charge in [0.1, 0.15) is 5.78 Å². The molecule has 2 saturated carbocycles. The smallest absolute Gasteiger partial charge is 0.208 e. The van der Waals surface area contributed by atoms with Gasteiger partial charge < -0.3 is 0 Å². The third kappa shape index (κ3) is 1.51. The molecule has 76 valence electrons. The van der Waals surface area contributed by atoms with Crippen molar-refractivity contribution in [2.45, 2.75) is 38.5 Å². The third-order valence-electron chi connectivity index (χ3n) is 3.34. The molecule has 0 aromatic rings. The van der Waals surface area contributed by atoms with Crippen molar-refractivity contribution in [3.05, 3.63) is 0 Å². The summed E-state index contributed by atoms with van der Waals surface area (Å²) in [5, 5.41) is 0. The molecule has 0 saturated heterocycles. The minimum Gasteiger partial charge on any atom is -0.299 e. The quantitative estimate of drug-likeness (QED) is 0.491. The highest BCUT2D eigenvalue weighted by Crippen LogP contribution is 2.32. The summed E-state index contributed by atoms with van der Waals surface area (Å²) in [6, 6.07) is 0. The van der Waals surface area contributed by atoms with E-state index in [1.807, 2.05) is 0 Å². The van der Waals surface area contributed by atoms with Crippen molar-refractivity contribution in [3.8, 4) is 0 Å². The maximum Gasteiger partial charge on any atom is 0.208 e. The van der Waals surface area contributed by atoms with Gasteiger partial charge in [-0.15, -0.1) is 0 Å². The van der Waals surface area contributed by atoms with Crippen molar-refractivity contribution in [2.75, 3.05) is 0 Å². The van der Waals surface area contributed by atoms with Crippen molar-refractivity contribution in [3.63, 3.8) is 0 Å². The van der Waals surface area contributed by atoms with Crippen LogP contribution in [0.5, 0.6) is 0 Å². The maximum absolute atomic E-state index is 11.8. The second-order valence-electron chi connectivity index (χ2n) is 4.26. The molecule has 1 unspecified atom stereocenters. The molecule has 2 rings (SSSR count). The summed E-state index contributed by atoms with van der Waals surface area (Å²) in [5.41, 5.74) is 0. The first-order valence-electron chi connectivity index (χ1n) is 5.31. The van der Waals surface area contributed by atoms with E-state index >= 15 is 0 Å². The molecule has 0 amide bonds. The number of rotatable bonds is 2. The second-order valence-corrected chi connectivity index (χ2v) is 4.26. The number of hydrogen-bond acceptors (Lipinski definition) is 3.